The van der Waals surface area contributed by atoms with Crippen molar-refractivity contribution in [3.8, 4) is 0 Å². The highest BCUT2D eigenvalue weighted by molar-refractivity contribution is 6.32. The molecule has 2 aliphatic heterocycles. The average molecular weight is 530 g/mol. The summed E-state index contributed by atoms with van der Waals surface area (Å²) >= 11 is 6.35. The first kappa shape index (κ1) is 23.8. The Morgan fingerprint density at radius 1 is 0.821 bits per heavy atom. The largest absolute Gasteiger partial charge is 0.352 e. The Balaban J connectivity index is 1.54. The highest BCUT2D eigenvalue weighted by Gasteiger charge is 2.71. The highest BCUT2D eigenvalue weighted by Crippen LogP contribution is 2.61. The van der Waals surface area contributed by atoms with E-state index in [1.54, 1.807) is 30.3 Å². The lowest BCUT2D eigenvalue weighted by atomic mass is 9.64. The van der Waals surface area contributed by atoms with E-state index in [4.69, 9.17) is 11.6 Å². The van der Waals surface area contributed by atoms with Crippen LogP contribution in [0.1, 0.15) is 53.7 Å². The molecule has 4 aromatic carbocycles. The zero-order valence-electron chi connectivity index (χ0n) is 21.2. The molecule has 1 saturated heterocycles. The minimum Gasteiger partial charge on any atom is -0.352 e. The highest BCUT2D eigenvalue weighted by atomic mass is 35.5. The number of aryl methyl sites for hydroxylation is 1. The first-order valence-electron chi connectivity index (χ1n) is 13.0. The molecule has 4 nitrogen and oxygen atoms in total. The first-order chi connectivity index (χ1) is 18.9. The monoisotopic (exact) mass is 529 g/mol. The topological polar surface area (TPSA) is 54.5 Å². The molecule has 39 heavy (non-hydrogen) atoms. The Morgan fingerprint density at radius 3 is 2.13 bits per heavy atom. The zero-order chi connectivity index (χ0) is 26.9. The van der Waals surface area contributed by atoms with Crippen LogP contribution in [0.15, 0.2) is 103 Å². The molecular weight excluding hydrogens is 506 g/mol. The molecule has 0 unspecified atom stereocenters. The second-order valence-corrected chi connectivity index (χ2v) is 11.0. The fourth-order valence-electron chi connectivity index (χ4n) is 6.87. The second kappa shape index (κ2) is 8.62. The molecule has 4 aromatic rings. The number of benzene rings is 4. The van der Waals surface area contributed by atoms with Gasteiger partial charge in [0.25, 0.3) is 0 Å². The Morgan fingerprint density at radius 2 is 1.46 bits per heavy atom. The van der Waals surface area contributed by atoms with Gasteiger partial charge in [0.1, 0.15) is 11.5 Å². The number of Topliss-reactive ketones (excluding diaryl/α,β-unsaturated/α-hetero) is 3. The van der Waals surface area contributed by atoms with E-state index >= 15 is 0 Å². The number of fused-ring (bicyclic) bond motifs is 5. The van der Waals surface area contributed by atoms with Gasteiger partial charge in [-0.2, -0.15) is 0 Å². The Labute approximate surface area is 231 Å². The molecule has 7 rings (SSSR count). The number of nitrogens with zero attached hydrogens (tertiary/aromatic N) is 1. The molecule has 0 aromatic heterocycles. The van der Waals surface area contributed by atoms with Crippen LogP contribution in [0.2, 0.25) is 5.02 Å². The normalized spacial score (nSPS) is 22.1. The fraction of sp³-hybridized carbons (Fsp3) is 0.147. The summed E-state index contributed by atoms with van der Waals surface area (Å²) in [4.78, 5) is 45.7. The maximum Gasteiger partial charge on any atom is 0.185 e. The summed E-state index contributed by atoms with van der Waals surface area (Å²) < 4.78 is 0. The standard InChI is InChI=1S/C34H24ClNO3/c1-20-11-13-22(14-12-20)31(37)30-29(21-7-3-2-4-8-21)34(32(38)25-9-5-6-10-26(25)33(34)39)28-18-15-23-19-24(35)16-17-27(23)36(28)30/h2-19,28-30H,1H3/t28-,29-,30-/m0/s1. The number of ketones is 3. The Kier molecular flexibility index (Phi) is 5.26. The molecule has 2 heterocycles. The lowest BCUT2D eigenvalue weighted by Crippen LogP contribution is -2.48. The number of hydrogen-bond donors (Lipinski definition) is 0. The van der Waals surface area contributed by atoms with Gasteiger partial charge < -0.3 is 4.90 Å². The molecule has 1 spiro atoms. The third kappa shape index (κ3) is 3.22. The zero-order valence-corrected chi connectivity index (χ0v) is 21.9. The summed E-state index contributed by atoms with van der Waals surface area (Å²) in [5.41, 5.74) is 3.35. The number of anilines is 1. The Bertz CT molecular complexity index is 1670. The third-order valence-electron chi connectivity index (χ3n) is 8.53. The van der Waals surface area contributed by atoms with Gasteiger partial charge >= 0.3 is 0 Å². The molecule has 0 radical (unpaired) electrons. The quantitative estimate of drug-likeness (QED) is 0.212. The smallest absolute Gasteiger partial charge is 0.185 e. The van der Waals surface area contributed by atoms with Gasteiger partial charge in [0, 0.05) is 33.3 Å². The van der Waals surface area contributed by atoms with Gasteiger partial charge in [0.05, 0.1) is 6.04 Å². The van der Waals surface area contributed by atoms with Gasteiger partial charge in [-0.25, -0.2) is 0 Å². The van der Waals surface area contributed by atoms with Crippen LogP contribution < -0.4 is 4.90 Å². The van der Waals surface area contributed by atoms with Gasteiger partial charge in [-0.1, -0.05) is 108 Å². The summed E-state index contributed by atoms with van der Waals surface area (Å²) in [5, 5.41) is 0.576. The molecule has 1 fully saturated rings. The SMILES string of the molecule is Cc1ccc(C(=O)[C@@H]2[C@H](c3ccccc3)C3(C(=O)c4ccccc4C3=O)[C@@H]3C=Cc4cc(Cl)ccc4N23)cc1. The van der Waals surface area contributed by atoms with Crippen molar-refractivity contribution in [2.24, 2.45) is 5.41 Å². The van der Waals surface area contributed by atoms with E-state index in [0.717, 1.165) is 22.4 Å². The number of hydrogen-bond acceptors (Lipinski definition) is 4. The fourth-order valence-corrected chi connectivity index (χ4v) is 7.05. The summed E-state index contributed by atoms with van der Waals surface area (Å²) in [6.45, 7) is 1.98. The van der Waals surface area contributed by atoms with E-state index in [1.165, 1.54) is 0 Å². The molecule has 1 aliphatic carbocycles. The second-order valence-electron chi connectivity index (χ2n) is 10.6. The van der Waals surface area contributed by atoms with Crippen molar-refractivity contribution in [3.05, 3.63) is 142 Å². The first-order valence-corrected chi connectivity index (χ1v) is 13.4. The van der Waals surface area contributed by atoms with Crippen molar-refractivity contribution < 1.29 is 14.4 Å². The number of rotatable bonds is 3. The van der Waals surface area contributed by atoms with Crippen molar-refractivity contribution in [1.82, 2.24) is 0 Å². The molecule has 5 heteroatoms. The molecule has 0 N–H and O–H groups in total. The number of halogens is 1. The molecule has 3 aliphatic rings. The number of carbonyl (C=O) groups excluding carboxylic acids is 3. The number of carbonyl (C=O) groups is 3. The average Bonchev–Trinajstić information content (AvgIpc) is 3.39. The summed E-state index contributed by atoms with van der Waals surface area (Å²) in [5.74, 6) is -1.30. The van der Waals surface area contributed by atoms with E-state index in [9.17, 15) is 14.4 Å². The summed E-state index contributed by atoms with van der Waals surface area (Å²) in [6, 6.07) is 28.2. The van der Waals surface area contributed by atoms with Crippen molar-refractivity contribution >= 4 is 40.7 Å². The maximum atomic E-state index is 14.6. The summed E-state index contributed by atoms with van der Waals surface area (Å²) in [6.07, 6.45) is 3.84. The molecule has 0 bridgehead atoms. The van der Waals surface area contributed by atoms with Gasteiger partial charge in [0.2, 0.25) is 0 Å². The minimum absolute atomic E-state index is 0.126. The van der Waals surface area contributed by atoms with Crippen LogP contribution in [0.25, 0.3) is 6.08 Å². The van der Waals surface area contributed by atoms with E-state index in [1.807, 2.05) is 90.7 Å². The third-order valence-corrected chi connectivity index (χ3v) is 8.76. The summed E-state index contributed by atoms with van der Waals surface area (Å²) in [7, 11) is 0. The van der Waals surface area contributed by atoms with Crippen LogP contribution in [0.4, 0.5) is 5.69 Å². The van der Waals surface area contributed by atoms with Crippen LogP contribution in [0, 0.1) is 12.3 Å². The van der Waals surface area contributed by atoms with Gasteiger partial charge in [-0.05, 0) is 36.2 Å². The predicted molar refractivity (Wildman–Crippen MR) is 153 cm³/mol. The van der Waals surface area contributed by atoms with Crippen LogP contribution >= 0.6 is 11.6 Å². The van der Waals surface area contributed by atoms with Gasteiger partial charge in [-0.15, -0.1) is 0 Å². The molecule has 190 valence electrons. The van der Waals surface area contributed by atoms with E-state index in [-0.39, 0.29) is 17.3 Å². The molecule has 0 amide bonds. The van der Waals surface area contributed by atoms with Gasteiger partial charge in [0.15, 0.2) is 17.3 Å². The van der Waals surface area contributed by atoms with E-state index in [0.29, 0.717) is 21.7 Å². The van der Waals surface area contributed by atoms with Crippen LogP contribution in [-0.4, -0.2) is 29.4 Å². The minimum atomic E-state index is -1.50. The molecule has 3 atom stereocenters. The maximum absolute atomic E-state index is 14.6. The predicted octanol–water partition coefficient (Wildman–Crippen LogP) is 6.96. The van der Waals surface area contributed by atoms with Crippen molar-refractivity contribution in [2.45, 2.75) is 24.9 Å². The lowest BCUT2D eigenvalue weighted by Gasteiger charge is -2.37. The van der Waals surface area contributed by atoms with Crippen LogP contribution in [0.3, 0.4) is 0 Å². The van der Waals surface area contributed by atoms with Gasteiger partial charge in [-0.3, -0.25) is 14.4 Å². The lowest BCUT2D eigenvalue weighted by molar-refractivity contribution is 0.0666. The molecular formula is C34H24ClNO3. The molecule has 0 saturated carbocycles. The van der Waals surface area contributed by atoms with Crippen molar-refractivity contribution in [1.29, 1.82) is 0 Å². The van der Waals surface area contributed by atoms with E-state index < -0.39 is 23.4 Å². The Hall–Kier alpha value is -4.28. The van der Waals surface area contributed by atoms with Crippen LogP contribution in [-0.2, 0) is 0 Å². The van der Waals surface area contributed by atoms with E-state index in [2.05, 4.69) is 0 Å². The van der Waals surface area contributed by atoms with Crippen molar-refractivity contribution in [3.63, 3.8) is 0 Å². The van der Waals surface area contributed by atoms with Crippen molar-refractivity contribution in [2.75, 3.05) is 4.90 Å². The van der Waals surface area contributed by atoms with Crippen LogP contribution in [0.5, 0.6) is 0 Å².